The van der Waals surface area contributed by atoms with Crippen molar-refractivity contribution < 1.29 is 4.92 Å². The van der Waals surface area contributed by atoms with E-state index in [1.165, 1.54) is 17.8 Å². The van der Waals surface area contributed by atoms with Crippen molar-refractivity contribution in [2.45, 2.75) is 24.4 Å². The quantitative estimate of drug-likeness (QED) is 0.382. The van der Waals surface area contributed by atoms with Crippen LogP contribution in [-0.2, 0) is 12.3 Å². The number of benzene rings is 2. The average Bonchev–Trinajstić information content (AvgIpc) is 3.04. The average molecular weight is 340 g/mol. The Morgan fingerprint density at radius 3 is 2.62 bits per heavy atom. The first-order chi connectivity index (χ1) is 11.7. The fourth-order valence-corrected chi connectivity index (χ4v) is 3.33. The van der Waals surface area contributed by atoms with Crippen molar-refractivity contribution in [3.8, 4) is 11.4 Å². The molecule has 0 bridgehead atoms. The lowest BCUT2D eigenvalue weighted by molar-refractivity contribution is -0.384. The smallest absolute Gasteiger partial charge is 0.269 e. The first-order valence-corrected chi connectivity index (χ1v) is 8.52. The number of hydrogen-bond donors (Lipinski definition) is 0. The summed E-state index contributed by atoms with van der Waals surface area (Å²) in [4.78, 5) is 10.5. The van der Waals surface area contributed by atoms with E-state index in [-0.39, 0.29) is 10.6 Å². The van der Waals surface area contributed by atoms with Gasteiger partial charge in [-0.2, -0.15) is 0 Å². The molecular weight excluding hydrogens is 324 g/mol. The summed E-state index contributed by atoms with van der Waals surface area (Å²) in [7, 11) is 0. The maximum Gasteiger partial charge on any atom is 0.269 e. The highest BCUT2D eigenvalue weighted by atomic mass is 32.2. The van der Waals surface area contributed by atoms with Gasteiger partial charge in [0.2, 0.25) is 0 Å². The molecule has 0 radical (unpaired) electrons. The molecule has 2 aromatic carbocycles. The lowest BCUT2D eigenvalue weighted by atomic mass is 10.2. The van der Waals surface area contributed by atoms with E-state index in [0.717, 1.165) is 28.7 Å². The number of nitrogens with zero attached hydrogens (tertiary/aromatic N) is 4. The second kappa shape index (κ2) is 7.27. The predicted molar refractivity (Wildman–Crippen MR) is 93.8 cm³/mol. The zero-order chi connectivity index (χ0) is 16.9. The number of rotatable bonds is 6. The van der Waals surface area contributed by atoms with Gasteiger partial charge in [0.25, 0.3) is 5.69 Å². The second-order valence-corrected chi connectivity index (χ2v) is 6.07. The molecule has 0 aliphatic heterocycles. The van der Waals surface area contributed by atoms with Gasteiger partial charge in [0, 0.05) is 30.0 Å². The van der Waals surface area contributed by atoms with Crippen molar-refractivity contribution in [2.75, 3.05) is 0 Å². The highest BCUT2D eigenvalue weighted by Gasteiger charge is 2.13. The molecule has 3 rings (SSSR count). The Kier molecular flexibility index (Phi) is 4.90. The molecule has 122 valence electrons. The normalized spacial score (nSPS) is 10.7. The van der Waals surface area contributed by atoms with Crippen molar-refractivity contribution in [2.24, 2.45) is 0 Å². The van der Waals surface area contributed by atoms with Crippen LogP contribution in [0.25, 0.3) is 11.4 Å². The third-order valence-corrected chi connectivity index (χ3v) is 4.59. The molecule has 0 saturated heterocycles. The molecule has 0 saturated carbocycles. The molecule has 0 N–H and O–H groups in total. The van der Waals surface area contributed by atoms with Gasteiger partial charge in [0.15, 0.2) is 11.0 Å². The van der Waals surface area contributed by atoms with Crippen LogP contribution in [0.3, 0.4) is 0 Å². The Morgan fingerprint density at radius 1 is 1.12 bits per heavy atom. The van der Waals surface area contributed by atoms with Crippen molar-refractivity contribution in [1.29, 1.82) is 0 Å². The minimum absolute atomic E-state index is 0.107. The Bertz CT molecular complexity index is 849. The summed E-state index contributed by atoms with van der Waals surface area (Å²) < 4.78 is 2.05. The van der Waals surface area contributed by atoms with E-state index in [1.54, 1.807) is 12.1 Å². The van der Waals surface area contributed by atoms with Gasteiger partial charge in [0.1, 0.15) is 0 Å². The fourth-order valence-electron chi connectivity index (χ4n) is 2.39. The van der Waals surface area contributed by atoms with E-state index < -0.39 is 0 Å². The minimum Gasteiger partial charge on any atom is -0.302 e. The Hall–Kier alpha value is -2.67. The van der Waals surface area contributed by atoms with E-state index in [1.807, 2.05) is 43.3 Å². The SMILES string of the molecule is CCn1c(SCc2cccc([N+](=O)[O-])c2)nnc1-c1ccccc1. The van der Waals surface area contributed by atoms with Gasteiger partial charge in [-0.15, -0.1) is 10.2 Å². The molecule has 24 heavy (non-hydrogen) atoms. The molecule has 1 heterocycles. The summed E-state index contributed by atoms with van der Waals surface area (Å²) in [5.74, 6) is 1.44. The van der Waals surface area contributed by atoms with Crippen molar-refractivity contribution >= 4 is 17.4 Å². The Labute approximate surface area is 143 Å². The molecule has 0 spiro atoms. The summed E-state index contributed by atoms with van der Waals surface area (Å²) in [6.45, 7) is 2.81. The minimum atomic E-state index is -0.379. The zero-order valence-corrected chi connectivity index (χ0v) is 13.9. The van der Waals surface area contributed by atoms with Crippen LogP contribution in [0.1, 0.15) is 12.5 Å². The molecule has 0 aliphatic rings. The maximum atomic E-state index is 10.9. The Morgan fingerprint density at radius 2 is 1.92 bits per heavy atom. The monoisotopic (exact) mass is 340 g/mol. The molecule has 0 aliphatic carbocycles. The van der Waals surface area contributed by atoms with Gasteiger partial charge < -0.3 is 4.57 Å². The van der Waals surface area contributed by atoms with Crippen LogP contribution in [-0.4, -0.2) is 19.7 Å². The molecular formula is C17H16N4O2S. The van der Waals surface area contributed by atoms with Gasteiger partial charge in [-0.1, -0.05) is 54.2 Å². The van der Waals surface area contributed by atoms with Crippen LogP contribution < -0.4 is 0 Å². The van der Waals surface area contributed by atoms with Crippen LogP contribution >= 0.6 is 11.8 Å². The van der Waals surface area contributed by atoms with Crippen LogP contribution in [0.2, 0.25) is 0 Å². The van der Waals surface area contributed by atoms with E-state index in [9.17, 15) is 10.1 Å². The van der Waals surface area contributed by atoms with Crippen molar-refractivity contribution in [3.63, 3.8) is 0 Å². The van der Waals surface area contributed by atoms with Gasteiger partial charge in [-0.05, 0) is 12.5 Å². The number of aromatic nitrogens is 3. The molecule has 3 aromatic rings. The van der Waals surface area contributed by atoms with Gasteiger partial charge >= 0.3 is 0 Å². The molecule has 0 fully saturated rings. The van der Waals surface area contributed by atoms with Crippen LogP contribution in [0.5, 0.6) is 0 Å². The zero-order valence-electron chi connectivity index (χ0n) is 13.1. The number of hydrogen-bond acceptors (Lipinski definition) is 5. The number of nitro groups is 1. The van der Waals surface area contributed by atoms with E-state index >= 15 is 0 Å². The topological polar surface area (TPSA) is 73.8 Å². The molecule has 0 atom stereocenters. The second-order valence-electron chi connectivity index (χ2n) is 5.13. The third kappa shape index (κ3) is 3.46. The van der Waals surface area contributed by atoms with Gasteiger partial charge in [0.05, 0.1) is 4.92 Å². The van der Waals surface area contributed by atoms with E-state index in [4.69, 9.17) is 0 Å². The predicted octanol–water partition coefficient (Wildman–Crippen LogP) is 4.17. The summed E-state index contributed by atoms with van der Waals surface area (Å²) >= 11 is 1.53. The van der Waals surface area contributed by atoms with Crippen LogP contribution in [0.4, 0.5) is 5.69 Å². The van der Waals surface area contributed by atoms with Crippen LogP contribution in [0.15, 0.2) is 59.8 Å². The molecule has 1 aromatic heterocycles. The molecule has 0 unspecified atom stereocenters. The van der Waals surface area contributed by atoms with E-state index in [0.29, 0.717) is 5.75 Å². The van der Waals surface area contributed by atoms with Crippen LogP contribution in [0, 0.1) is 10.1 Å². The molecule has 7 heteroatoms. The fraction of sp³-hybridized carbons (Fsp3) is 0.176. The van der Waals surface area contributed by atoms with E-state index in [2.05, 4.69) is 14.8 Å². The summed E-state index contributed by atoms with van der Waals surface area (Å²) in [5.41, 5.74) is 2.02. The maximum absolute atomic E-state index is 10.9. The summed E-state index contributed by atoms with van der Waals surface area (Å²) in [6.07, 6.45) is 0. The van der Waals surface area contributed by atoms with Gasteiger partial charge in [-0.3, -0.25) is 10.1 Å². The highest BCUT2D eigenvalue weighted by molar-refractivity contribution is 7.98. The number of non-ortho nitro benzene ring substituents is 1. The first kappa shape index (κ1) is 16.2. The van der Waals surface area contributed by atoms with Crippen molar-refractivity contribution in [1.82, 2.24) is 14.8 Å². The highest BCUT2D eigenvalue weighted by Crippen LogP contribution is 2.27. The third-order valence-electron chi connectivity index (χ3n) is 3.55. The molecule has 0 amide bonds. The lowest BCUT2D eigenvalue weighted by Gasteiger charge is -2.07. The Balaban J connectivity index is 1.80. The lowest BCUT2D eigenvalue weighted by Crippen LogP contribution is -1.99. The summed E-state index contributed by atoms with van der Waals surface area (Å²) in [6, 6.07) is 16.6. The molecule has 6 nitrogen and oxygen atoms in total. The summed E-state index contributed by atoms with van der Waals surface area (Å²) in [5, 5.41) is 20.2. The van der Waals surface area contributed by atoms with Crippen molar-refractivity contribution in [3.05, 3.63) is 70.3 Å². The number of thioether (sulfide) groups is 1. The standard InChI is InChI=1S/C17H16N4O2S/c1-2-20-16(14-8-4-3-5-9-14)18-19-17(20)24-12-13-7-6-10-15(11-13)21(22)23/h3-11H,2,12H2,1H3. The first-order valence-electron chi connectivity index (χ1n) is 7.53. The van der Waals surface area contributed by atoms with Gasteiger partial charge in [-0.25, -0.2) is 0 Å². The largest absolute Gasteiger partial charge is 0.302 e. The number of nitro benzene ring substituents is 1.